The van der Waals surface area contributed by atoms with Gasteiger partial charge in [0.25, 0.3) is 0 Å². The van der Waals surface area contributed by atoms with Gasteiger partial charge in [0.2, 0.25) is 5.91 Å². The first-order valence-corrected chi connectivity index (χ1v) is 7.89. The zero-order valence-electron chi connectivity index (χ0n) is 12.9. The maximum atomic E-state index is 12.7. The van der Waals surface area contributed by atoms with E-state index in [2.05, 4.69) is 15.5 Å². The van der Waals surface area contributed by atoms with Crippen LogP contribution in [-0.2, 0) is 4.79 Å². The highest BCUT2D eigenvalue weighted by molar-refractivity contribution is 5.86. The lowest BCUT2D eigenvalue weighted by molar-refractivity contribution is -0.135. The lowest BCUT2D eigenvalue weighted by Gasteiger charge is -2.44. The van der Waals surface area contributed by atoms with Crippen molar-refractivity contribution < 1.29 is 9.90 Å². The van der Waals surface area contributed by atoms with Crippen molar-refractivity contribution in [1.82, 2.24) is 15.5 Å². The predicted molar refractivity (Wildman–Crippen MR) is 79.6 cm³/mol. The van der Waals surface area contributed by atoms with Gasteiger partial charge < -0.3 is 15.7 Å². The second-order valence-corrected chi connectivity index (χ2v) is 6.75. The van der Waals surface area contributed by atoms with Gasteiger partial charge in [-0.25, -0.2) is 0 Å². The van der Waals surface area contributed by atoms with E-state index >= 15 is 0 Å². The molecule has 1 amide bonds. The van der Waals surface area contributed by atoms with Gasteiger partial charge in [0.15, 0.2) is 0 Å². The fourth-order valence-electron chi connectivity index (χ4n) is 3.31. The van der Waals surface area contributed by atoms with Crippen molar-refractivity contribution in [3.63, 3.8) is 0 Å². The lowest BCUT2D eigenvalue weighted by Crippen LogP contribution is -2.64. The number of hydrogen-bond donors (Lipinski definition) is 3. The molecule has 5 nitrogen and oxygen atoms in total. The molecule has 1 aliphatic carbocycles. The first kappa shape index (κ1) is 15.7. The Hall–Kier alpha value is -0.650. The summed E-state index contributed by atoms with van der Waals surface area (Å²) in [6, 6.07) is 0. The van der Waals surface area contributed by atoms with Gasteiger partial charge in [-0.2, -0.15) is 0 Å². The monoisotopic (exact) mass is 283 g/mol. The van der Waals surface area contributed by atoms with E-state index in [4.69, 9.17) is 0 Å². The molecule has 0 aromatic rings. The van der Waals surface area contributed by atoms with E-state index in [1.807, 2.05) is 13.8 Å². The Balaban J connectivity index is 2.01. The summed E-state index contributed by atoms with van der Waals surface area (Å²) in [6.07, 6.45) is 5.18. The van der Waals surface area contributed by atoms with Gasteiger partial charge in [-0.05, 0) is 26.7 Å². The molecule has 2 rings (SSSR count). The maximum Gasteiger partial charge on any atom is 0.240 e. The first-order chi connectivity index (χ1) is 9.50. The highest BCUT2D eigenvalue weighted by Crippen LogP contribution is 2.29. The summed E-state index contributed by atoms with van der Waals surface area (Å²) in [5.41, 5.74) is -0.900. The second-order valence-electron chi connectivity index (χ2n) is 6.75. The summed E-state index contributed by atoms with van der Waals surface area (Å²) in [5.74, 6) is 0.0513. The number of carbonyl (C=O) groups excluding carboxylic acids is 1. The van der Waals surface area contributed by atoms with Gasteiger partial charge in [-0.15, -0.1) is 0 Å². The van der Waals surface area contributed by atoms with E-state index in [9.17, 15) is 9.90 Å². The number of nitrogens with one attached hydrogen (secondary N) is 2. The van der Waals surface area contributed by atoms with E-state index < -0.39 is 5.54 Å². The first-order valence-electron chi connectivity index (χ1n) is 7.89. The average Bonchev–Trinajstić information content (AvgIpc) is 2.49. The van der Waals surface area contributed by atoms with Crippen molar-refractivity contribution >= 4 is 5.91 Å². The second kappa shape index (κ2) is 6.41. The zero-order valence-corrected chi connectivity index (χ0v) is 12.9. The molecule has 1 aliphatic heterocycles. The molecule has 0 aromatic heterocycles. The van der Waals surface area contributed by atoms with Crippen molar-refractivity contribution in [2.75, 3.05) is 32.8 Å². The molecular weight excluding hydrogens is 254 g/mol. The number of aliphatic hydroxyl groups excluding tert-OH is 1. The maximum absolute atomic E-state index is 12.7. The van der Waals surface area contributed by atoms with Gasteiger partial charge in [0.1, 0.15) is 0 Å². The van der Waals surface area contributed by atoms with E-state index in [1.54, 1.807) is 0 Å². The van der Waals surface area contributed by atoms with Crippen molar-refractivity contribution in [3.8, 4) is 0 Å². The quantitative estimate of drug-likeness (QED) is 0.702. The van der Waals surface area contributed by atoms with Crippen molar-refractivity contribution in [2.24, 2.45) is 0 Å². The minimum absolute atomic E-state index is 0.0513. The number of carbonyl (C=O) groups is 1. The third-order valence-electron chi connectivity index (χ3n) is 4.96. The third kappa shape index (κ3) is 3.32. The molecule has 20 heavy (non-hydrogen) atoms. The number of amides is 1. The molecule has 2 aliphatic rings. The fraction of sp³-hybridized carbons (Fsp3) is 0.933. The van der Waals surface area contributed by atoms with Crippen LogP contribution in [-0.4, -0.2) is 59.8 Å². The predicted octanol–water partition coefficient (Wildman–Crippen LogP) is 0.482. The molecule has 1 saturated heterocycles. The van der Waals surface area contributed by atoms with Crippen molar-refractivity contribution in [3.05, 3.63) is 0 Å². The van der Waals surface area contributed by atoms with Gasteiger partial charge in [-0.1, -0.05) is 19.3 Å². The van der Waals surface area contributed by atoms with E-state index in [-0.39, 0.29) is 18.1 Å². The summed E-state index contributed by atoms with van der Waals surface area (Å²) in [4.78, 5) is 14.9. The molecule has 0 atom stereocenters. The topological polar surface area (TPSA) is 64.6 Å². The molecule has 1 saturated carbocycles. The minimum Gasteiger partial charge on any atom is -0.394 e. The average molecular weight is 283 g/mol. The molecular formula is C15H29N3O2. The summed E-state index contributed by atoms with van der Waals surface area (Å²) in [5, 5.41) is 16.2. The van der Waals surface area contributed by atoms with Gasteiger partial charge in [0, 0.05) is 26.2 Å². The van der Waals surface area contributed by atoms with E-state index in [0.29, 0.717) is 0 Å². The molecule has 0 spiro atoms. The zero-order chi connectivity index (χ0) is 14.6. The Kier molecular flexibility index (Phi) is 5.04. The fourth-order valence-corrected chi connectivity index (χ4v) is 3.31. The number of nitrogens with zero attached hydrogens (tertiary/aromatic N) is 1. The summed E-state index contributed by atoms with van der Waals surface area (Å²) in [6.45, 7) is 7.68. The van der Waals surface area contributed by atoms with Crippen LogP contribution in [0.4, 0.5) is 0 Å². The number of rotatable bonds is 4. The Morgan fingerprint density at radius 2 is 1.85 bits per heavy atom. The normalized spacial score (nSPS) is 24.4. The SMILES string of the molecule is CC(C)(C(=O)NC1(CO)CCCCC1)N1CCNCC1. The van der Waals surface area contributed by atoms with Gasteiger partial charge >= 0.3 is 0 Å². The largest absolute Gasteiger partial charge is 0.394 e. The van der Waals surface area contributed by atoms with Crippen LogP contribution >= 0.6 is 0 Å². The Morgan fingerprint density at radius 1 is 1.25 bits per heavy atom. The third-order valence-corrected chi connectivity index (χ3v) is 4.96. The molecule has 116 valence electrons. The molecule has 0 unspecified atom stereocenters. The summed E-state index contributed by atoms with van der Waals surface area (Å²) in [7, 11) is 0. The molecule has 3 N–H and O–H groups in total. The van der Waals surface area contributed by atoms with Crippen LogP contribution in [0.3, 0.4) is 0 Å². The van der Waals surface area contributed by atoms with Crippen LogP contribution in [0.15, 0.2) is 0 Å². The molecule has 0 aromatic carbocycles. The van der Waals surface area contributed by atoms with Crippen molar-refractivity contribution in [2.45, 2.75) is 57.0 Å². The molecule has 0 radical (unpaired) electrons. The standard InChI is InChI=1S/C15H29N3O2/c1-14(2,18-10-8-16-9-11-18)13(20)17-15(12-19)6-4-3-5-7-15/h16,19H,3-12H2,1-2H3,(H,17,20). The molecule has 2 fully saturated rings. The smallest absolute Gasteiger partial charge is 0.240 e. The number of piperazine rings is 1. The highest BCUT2D eigenvalue weighted by Gasteiger charge is 2.40. The Morgan fingerprint density at radius 3 is 2.40 bits per heavy atom. The Bertz CT molecular complexity index is 332. The number of hydrogen-bond acceptors (Lipinski definition) is 4. The summed E-state index contributed by atoms with van der Waals surface area (Å²) >= 11 is 0. The van der Waals surface area contributed by atoms with Crippen LogP contribution in [0.2, 0.25) is 0 Å². The van der Waals surface area contributed by atoms with Gasteiger partial charge in [-0.3, -0.25) is 9.69 Å². The van der Waals surface area contributed by atoms with Crippen LogP contribution in [0.25, 0.3) is 0 Å². The van der Waals surface area contributed by atoms with Crippen LogP contribution in [0, 0.1) is 0 Å². The lowest BCUT2D eigenvalue weighted by atomic mass is 9.81. The van der Waals surface area contributed by atoms with Crippen LogP contribution < -0.4 is 10.6 Å². The van der Waals surface area contributed by atoms with E-state index in [0.717, 1.165) is 51.9 Å². The van der Waals surface area contributed by atoms with Crippen LogP contribution in [0.5, 0.6) is 0 Å². The van der Waals surface area contributed by atoms with Crippen molar-refractivity contribution in [1.29, 1.82) is 0 Å². The highest BCUT2D eigenvalue weighted by atomic mass is 16.3. The molecule has 5 heteroatoms. The molecule has 0 bridgehead atoms. The van der Waals surface area contributed by atoms with Crippen LogP contribution in [0.1, 0.15) is 46.0 Å². The Labute approximate surface area is 122 Å². The van der Waals surface area contributed by atoms with E-state index in [1.165, 1.54) is 6.42 Å². The summed E-state index contributed by atoms with van der Waals surface area (Å²) < 4.78 is 0. The van der Waals surface area contributed by atoms with Gasteiger partial charge in [0.05, 0.1) is 17.7 Å². The minimum atomic E-state index is -0.512. The number of aliphatic hydroxyl groups is 1. The molecule has 1 heterocycles.